The third-order valence-electron chi connectivity index (χ3n) is 3.15. The molecule has 1 aromatic carbocycles. The van der Waals surface area contributed by atoms with Gasteiger partial charge in [0.2, 0.25) is 5.91 Å². The van der Waals surface area contributed by atoms with Crippen LogP contribution in [0, 0.1) is 0 Å². The number of halogens is 1. The van der Waals surface area contributed by atoms with E-state index in [1.54, 1.807) is 35.7 Å². The number of nitrogens with one attached hydrogen (secondary N) is 2. The Morgan fingerprint density at radius 3 is 2.36 bits per heavy atom. The molecule has 25 heavy (non-hydrogen) atoms. The minimum absolute atomic E-state index is 0.0563. The molecule has 2 aromatic rings. The van der Waals surface area contributed by atoms with E-state index in [1.165, 1.54) is 13.1 Å². The van der Waals surface area contributed by atoms with Gasteiger partial charge in [-0.25, -0.2) is 8.42 Å². The lowest BCUT2D eigenvalue weighted by molar-refractivity contribution is -0.128. The molecule has 2 N–H and O–H groups in total. The van der Waals surface area contributed by atoms with Crippen LogP contribution in [0.1, 0.15) is 5.56 Å². The van der Waals surface area contributed by atoms with Crippen molar-refractivity contribution < 1.29 is 18.0 Å². The number of nitrogens with zero attached hydrogens (tertiary/aromatic N) is 1. The molecule has 2 amide bonds. The zero-order valence-electron chi connectivity index (χ0n) is 13.2. The van der Waals surface area contributed by atoms with Gasteiger partial charge in [-0.05, 0) is 29.1 Å². The monoisotopic (exact) mass is 401 g/mol. The van der Waals surface area contributed by atoms with Gasteiger partial charge in [0.15, 0.2) is 0 Å². The van der Waals surface area contributed by atoms with Gasteiger partial charge >= 0.3 is 0 Å². The highest BCUT2D eigenvalue weighted by Crippen LogP contribution is 2.19. The second-order valence-electron chi connectivity index (χ2n) is 5.09. The molecule has 1 heterocycles. The van der Waals surface area contributed by atoms with E-state index >= 15 is 0 Å². The third-order valence-corrected chi connectivity index (χ3v) is 6.57. The SMILES string of the molecule is CN(CC(=O)NNC(=O)Cc1ccc(Cl)cc1)S(=O)(=O)c1cccs1. The van der Waals surface area contributed by atoms with Crippen molar-refractivity contribution in [3.63, 3.8) is 0 Å². The van der Waals surface area contributed by atoms with Crippen LogP contribution in [0.25, 0.3) is 0 Å². The summed E-state index contributed by atoms with van der Waals surface area (Å²) < 4.78 is 25.5. The van der Waals surface area contributed by atoms with E-state index in [1.807, 2.05) is 0 Å². The minimum Gasteiger partial charge on any atom is -0.273 e. The number of rotatable bonds is 6. The van der Waals surface area contributed by atoms with E-state index in [0.29, 0.717) is 5.02 Å². The van der Waals surface area contributed by atoms with E-state index < -0.39 is 28.4 Å². The molecule has 0 aliphatic carbocycles. The second kappa shape index (κ2) is 8.43. The van der Waals surface area contributed by atoms with Crippen molar-refractivity contribution in [2.75, 3.05) is 13.6 Å². The van der Waals surface area contributed by atoms with E-state index in [4.69, 9.17) is 11.6 Å². The fourth-order valence-electron chi connectivity index (χ4n) is 1.86. The van der Waals surface area contributed by atoms with Crippen LogP contribution in [0.15, 0.2) is 46.0 Å². The zero-order valence-corrected chi connectivity index (χ0v) is 15.6. The van der Waals surface area contributed by atoms with Crippen LogP contribution in [0.4, 0.5) is 0 Å². The van der Waals surface area contributed by atoms with E-state index in [-0.39, 0.29) is 10.6 Å². The predicted octanol–water partition coefficient (Wildman–Crippen LogP) is 1.41. The zero-order chi connectivity index (χ0) is 18.4. The van der Waals surface area contributed by atoms with Crippen LogP contribution >= 0.6 is 22.9 Å². The molecule has 0 saturated heterocycles. The van der Waals surface area contributed by atoms with Gasteiger partial charge in [0.1, 0.15) is 4.21 Å². The topological polar surface area (TPSA) is 95.6 Å². The van der Waals surface area contributed by atoms with Crippen LogP contribution < -0.4 is 10.9 Å². The molecule has 0 spiro atoms. The van der Waals surface area contributed by atoms with Crippen LogP contribution in [0.5, 0.6) is 0 Å². The van der Waals surface area contributed by atoms with Gasteiger partial charge in [-0.1, -0.05) is 29.8 Å². The Labute approximate surface area is 154 Å². The smallest absolute Gasteiger partial charge is 0.253 e. The Bertz CT molecular complexity index is 836. The maximum Gasteiger partial charge on any atom is 0.253 e. The first kappa shape index (κ1) is 19.4. The average Bonchev–Trinajstić information content (AvgIpc) is 3.10. The van der Waals surface area contributed by atoms with Crippen molar-refractivity contribution in [1.29, 1.82) is 0 Å². The van der Waals surface area contributed by atoms with Crippen molar-refractivity contribution in [2.45, 2.75) is 10.6 Å². The summed E-state index contributed by atoms with van der Waals surface area (Å²) in [5.41, 5.74) is 5.17. The Hall–Kier alpha value is -1.94. The van der Waals surface area contributed by atoms with Gasteiger partial charge in [0.05, 0.1) is 13.0 Å². The number of hydrogen-bond donors (Lipinski definition) is 2. The number of thiophene rings is 1. The summed E-state index contributed by atoms with van der Waals surface area (Å²) in [4.78, 5) is 23.6. The van der Waals surface area contributed by atoms with Crippen molar-refractivity contribution in [2.24, 2.45) is 0 Å². The van der Waals surface area contributed by atoms with Gasteiger partial charge in [-0.2, -0.15) is 4.31 Å². The first-order valence-corrected chi connectivity index (χ1v) is 9.81. The minimum atomic E-state index is -3.72. The molecule has 0 saturated carbocycles. The van der Waals surface area contributed by atoms with Crippen molar-refractivity contribution in [1.82, 2.24) is 15.2 Å². The van der Waals surface area contributed by atoms with Crippen LogP contribution in [-0.4, -0.2) is 38.1 Å². The van der Waals surface area contributed by atoms with Crippen molar-refractivity contribution in [3.8, 4) is 0 Å². The van der Waals surface area contributed by atoms with Crippen LogP contribution in [0.2, 0.25) is 5.02 Å². The lowest BCUT2D eigenvalue weighted by Gasteiger charge is -2.16. The molecule has 2 rings (SSSR count). The summed E-state index contributed by atoms with van der Waals surface area (Å²) in [5.74, 6) is -1.08. The number of hydrogen-bond acceptors (Lipinski definition) is 5. The third kappa shape index (κ3) is 5.53. The number of carbonyl (C=O) groups is 2. The summed E-state index contributed by atoms with van der Waals surface area (Å²) in [6.45, 7) is -0.415. The molecule has 134 valence electrons. The van der Waals surface area contributed by atoms with Gasteiger partial charge in [0.25, 0.3) is 15.9 Å². The van der Waals surface area contributed by atoms with Gasteiger partial charge in [-0.3, -0.25) is 20.4 Å². The van der Waals surface area contributed by atoms with E-state index in [0.717, 1.165) is 21.2 Å². The van der Waals surface area contributed by atoms with E-state index in [2.05, 4.69) is 10.9 Å². The summed E-state index contributed by atoms with van der Waals surface area (Å²) in [6.07, 6.45) is 0.0563. The second-order valence-corrected chi connectivity index (χ2v) is 8.75. The number of carbonyl (C=O) groups excluding carboxylic acids is 2. The normalized spacial score (nSPS) is 11.3. The molecular weight excluding hydrogens is 386 g/mol. The summed E-state index contributed by atoms with van der Waals surface area (Å²) in [6, 6.07) is 9.79. The Morgan fingerprint density at radius 1 is 1.12 bits per heavy atom. The Kier molecular flexibility index (Phi) is 6.54. The van der Waals surface area contributed by atoms with Crippen molar-refractivity contribution >= 4 is 44.8 Å². The van der Waals surface area contributed by atoms with E-state index in [9.17, 15) is 18.0 Å². The molecule has 0 fully saturated rings. The first-order chi connectivity index (χ1) is 11.8. The van der Waals surface area contributed by atoms with Gasteiger partial charge in [0, 0.05) is 12.1 Å². The molecule has 0 atom stereocenters. The number of benzene rings is 1. The molecule has 0 aliphatic rings. The van der Waals surface area contributed by atoms with Gasteiger partial charge in [-0.15, -0.1) is 11.3 Å². The first-order valence-electron chi connectivity index (χ1n) is 7.11. The lowest BCUT2D eigenvalue weighted by Crippen LogP contribution is -2.47. The highest BCUT2D eigenvalue weighted by atomic mass is 35.5. The van der Waals surface area contributed by atoms with Crippen LogP contribution in [0.3, 0.4) is 0 Å². The fraction of sp³-hybridized carbons (Fsp3) is 0.200. The van der Waals surface area contributed by atoms with Gasteiger partial charge < -0.3 is 0 Å². The molecular formula is C15H16ClN3O4S2. The maximum absolute atomic E-state index is 12.2. The standard InChI is InChI=1S/C15H16ClN3O4S2/c1-19(25(22,23)15-3-2-8-24-15)10-14(21)18-17-13(20)9-11-4-6-12(16)7-5-11/h2-8H,9-10H2,1H3,(H,17,20)(H,18,21). The quantitative estimate of drug-likeness (QED) is 0.715. The lowest BCUT2D eigenvalue weighted by atomic mass is 10.1. The summed E-state index contributed by atoms with van der Waals surface area (Å²) in [7, 11) is -2.42. The molecule has 0 radical (unpaired) electrons. The maximum atomic E-state index is 12.2. The number of hydrazine groups is 1. The van der Waals surface area contributed by atoms with Crippen LogP contribution in [-0.2, 0) is 26.0 Å². The molecule has 0 aliphatic heterocycles. The number of sulfonamides is 1. The molecule has 7 nitrogen and oxygen atoms in total. The number of amides is 2. The highest BCUT2D eigenvalue weighted by Gasteiger charge is 2.23. The summed E-state index contributed by atoms with van der Waals surface area (Å²) in [5, 5.41) is 2.20. The molecule has 1 aromatic heterocycles. The number of likely N-dealkylation sites (N-methyl/N-ethyl adjacent to an activating group) is 1. The molecule has 0 bridgehead atoms. The Balaban J connectivity index is 1.82. The summed E-state index contributed by atoms with van der Waals surface area (Å²) >= 11 is 6.83. The van der Waals surface area contributed by atoms with Crippen molar-refractivity contribution in [3.05, 3.63) is 52.4 Å². The molecule has 10 heteroatoms. The largest absolute Gasteiger partial charge is 0.273 e. The average molecular weight is 402 g/mol. The Morgan fingerprint density at radius 2 is 1.76 bits per heavy atom. The predicted molar refractivity (Wildman–Crippen MR) is 95.6 cm³/mol. The fourth-order valence-corrected chi connectivity index (χ4v) is 4.32. The molecule has 0 unspecified atom stereocenters. The highest BCUT2D eigenvalue weighted by molar-refractivity contribution is 7.91.